The number of nitrogens with zero attached hydrogens (tertiary/aromatic N) is 2. The summed E-state index contributed by atoms with van der Waals surface area (Å²) in [6, 6.07) is 15.9. The van der Waals surface area contributed by atoms with E-state index in [4.69, 9.17) is 0 Å². The summed E-state index contributed by atoms with van der Waals surface area (Å²) in [4.78, 5) is 0.263. The van der Waals surface area contributed by atoms with Crippen molar-refractivity contribution in [2.75, 3.05) is 0 Å². The molecule has 0 bridgehead atoms. The SMILES string of the molecule is Cc1cn[nH]c1-c1cn(S(=O)(=O)c2ccccc2)c2ccccc12. The van der Waals surface area contributed by atoms with Gasteiger partial charge in [0.2, 0.25) is 0 Å². The minimum Gasteiger partial charge on any atom is -0.277 e. The molecule has 0 radical (unpaired) electrons. The van der Waals surface area contributed by atoms with Crippen molar-refractivity contribution in [3.63, 3.8) is 0 Å². The van der Waals surface area contributed by atoms with E-state index in [0.717, 1.165) is 22.2 Å². The lowest BCUT2D eigenvalue weighted by Crippen LogP contribution is -2.11. The molecule has 5 nitrogen and oxygen atoms in total. The van der Waals surface area contributed by atoms with Crippen LogP contribution in [-0.4, -0.2) is 22.6 Å². The van der Waals surface area contributed by atoms with Gasteiger partial charge in [0.25, 0.3) is 10.0 Å². The topological polar surface area (TPSA) is 67.8 Å². The number of hydrogen-bond acceptors (Lipinski definition) is 3. The number of aromatic nitrogens is 3. The summed E-state index contributed by atoms with van der Waals surface area (Å²) in [6.07, 6.45) is 3.39. The van der Waals surface area contributed by atoms with Gasteiger partial charge in [0.05, 0.1) is 22.3 Å². The highest BCUT2D eigenvalue weighted by Gasteiger charge is 2.22. The summed E-state index contributed by atoms with van der Waals surface area (Å²) in [5.74, 6) is 0. The van der Waals surface area contributed by atoms with E-state index in [1.807, 2.05) is 31.2 Å². The van der Waals surface area contributed by atoms with Crippen molar-refractivity contribution in [3.8, 4) is 11.3 Å². The first-order chi connectivity index (χ1) is 11.6. The molecule has 0 unspecified atom stereocenters. The molecule has 0 fully saturated rings. The van der Waals surface area contributed by atoms with Crippen LogP contribution in [0.4, 0.5) is 0 Å². The number of H-pyrrole nitrogens is 1. The summed E-state index contributed by atoms with van der Waals surface area (Å²) in [7, 11) is -3.67. The Bertz CT molecular complexity index is 1130. The monoisotopic (exact) mass is 337 g/mol. The third-order valence-electron chi connectivity index (χ3n) is 4.08. The van der Waals surface area contributed by atoms with Crippen molar-refractivity contribution in [1.29, 1.82) is 0 Å². The van der Waals surface area contributed by atoms with Crippen LogP contribution in [0.25, 0.3) is 22.2 Å². The zero-order valence-electron chi connectivity index (χ0n) is 13.0. The molecule has 0 aliphatic carbocycles. The van der Waals surface area contributed by atoms with Crippen LogP contribution in [0.2, 0.25) is 0 Å². The normalized spacial score (nSPS) is 11.9. The lowest BCUT2D eigenvalue weighted by molar-refractivity contribution is 0.589. The molecule has 0 saturated heterocycles. The van der Waals surface area contributed by atoms with Gasteiger partial charge in [0, 0.05) is 17.1 Å². The van der Waals surface area contributed by atoms with Gasteiger partial charge in [-0.15, -0.1) is 0 Å². The fraction of sp³-hybridized carbons (Fsp3) is 0.0556. The number of aromatic amines is 1. The molecule has 4 aromatic rings. The number of nitrogens with one attached hydrogen (secondary N) is 1. The third-order valence-corrected chi connectivity index (χ3v) is 5.76. The van der Waals surface area contributed by atoms with Crippen molar-refractivity contribution < 1.29 is 8.42 Å². The van der Waals surface area contributed by atoms with E-state index < -0.39 is 10.0 Å². The van der Waals surface area contributed by atoms with Gasteiger partial charge in [0.15, 0.2) is 0 Å². The Hall–Kier alpha value is -2.86. The van der Waals surface area contributed by atoms with Crippen molar-refractivity contribution in [2.45, 2.75) is 11.8 Å². The summed E-state index contributed by atoms with van der Waals surface area (Å²) >= 11 is 0. The Kier molecular flexibility index (Phi) is 3.28. The van der Waals surface area contributed by atoms with E-state index in [9.17, 15) is 8.42 Å². The highest BCUT2D eigenvalue weighted by molar-refractivity contribution is 7.90. The van der Waals surface area contributed by atoms with Gasteiger partial charge in [-0.1, -0.05) is 36.4 Å². The molecule has 0 aliphatic rings. The van der Waals surface area contributed by atoms with Crippen molar-refractivity contribution in [3.05, 3.63) is 72.6 Å². The molecule has 0 amide bonds. The summed E-state index contributed by atoms with van der Waals surface area (Å²) in [5, 5.41) is 7.88. The average Bonchev–Trinajstić information content (AvgIpc) is 3.19. The molecule has 4 rings (SSSR count). The lowest BCUT2D eigenvalue weighted by atomic mass is 10.1. The Balaban J connectivity index is 2.03. The molecule has 0 spiro atoms. The maximum Gasteiger partial charge on any atom is 0.268 e. The number of aryl methyl sites for hydroxylation is 1. The minimum atomic E-state index is -3.67. The van der Waals surface area contributed by atoms with Crippen LogP contribution in [0.3, 0.4) is 0 Å². The molecule has 120 valence electrons. The average molecular weight is 337 g/mol. The first-order valence-corrected chi connectivity index (χ1v) is 8.94. The van der Waals surface area contributed by atoms with Crippen LogP contribution >= 0.6 is 0 Å². The Morgan fingerprint density at radius 3 is 2.42 bits per heavy atom. The standard InChI is InChI=1S/C18H15N3O2S/c1-13-11-19-20-18(13)16-12-21(17-10-6-5-9-15(16)17)24(22,23)14-7-3-2-4-8-14/h2-12H,1H3,(H,19,20). The number of hydrogen-bond donors (Lipinski definition) is 1. The van der Waals surface area contributed by atoms with Crippen LogP contribution in [0.5, 0.6) is 0 Å². The van der Waals surface area contributed by atoms with Crippen LogP contribution in [0.1, 0.15) is 5.56 Å². The zero-order chi connectivity index (χ0) is 16.7. The molecule has 0 saturated carbocycles. The fourth-order valence-electron chi connectivity index (χ4n) is 2.87. The van der Waals surface area contributed by atoms with E-state index in [0.29, 0.717) is 5.52 Å². The highest BCUT2D eigenvalue weighted by atomic mass is 32.2. The van der Waals surface area contributed by atoms with Crippen LogP contribution in [-0.2, 0) is 10.0 Å². The predicted octanol–water partition coefficient (Wildman–Crippen LogP) is 3.58. The largest absolute Gasteiger partial charge is 0.277 e. The Labute approximate surface area is 139 Å². The quantitative estimate of drug-likeness (QED) is 0.621. The lowest BCUT2D eigenvalue weighted by Gasteiger charge is -2.07. The van der Waals surface area contributed by atoms with E-state index in [2.05, 4.69) is 10.2 Å². The van der Waals surface area contributed by atoms with Crippen LogP contribution in [0.15, 0.2) is 71.9 Å². The smallest absolute Gasteiger partial charge is 0.268 e. The van der Waals surface area contributed by atoms with E-state index in [1.54, 1.807) is 42.7 Å². The fourth-order valence-corrected chi connectivity index (χ4v) is 4.26. The molecule has 24 heavy (non-hydrogen) atoms. The second-order valence-corrected chi connectivity index (χ2v) is 7.42. The first kappa shape index (κ1) is 14.7. The molecule has 2 aromatic carbocycles. The van der Waals surface area contributed by atoms with Gasteiger partial charge in [-0.25, -0.2) is 12.4 Å². The molecular weight excluding hydrogens is 322 g/mol. The molecule has 1 N–H and O–H groups in total. The first-order valence-electron chi connectivity index (χ1n) is 7.50. The third kappa shape index (κ3) is 2.15. The minimum absolute atomic E-state index is 0.263. The molecule has 2 aromatic heterocycles. The molecule has 0 atom stereocenters. The van der Waals surface area contributed by atoms with E-state index in [1.165, 1.54) is 3.97 Å². The molecule has 2 heterocycles. The summed E-state index contributed by atoms with van der Waals surface area (Å²) < 4.78 is 27.4. The van der Waals surface area contributed by atoms with E-state index >= 15 is 0 Å². The van der Waals surface area contributed by atoms with Gasteiger partial charge in [0.1, 0.15) is 0 Å². The number of rotatable bonds is 3. The Morgan fingerprint density at radius 2 is 1.71 bits per heavy atom. The van der Waals surface area contributed by atoms with Gasteiger partial charge >= 0.3 is 0 Å². The number of fused-ring (bicyclic) bond motifs is 1. The molecular formula is C18H15N3O2S. The maximum absolute atomic E-state index is 13.1. The van der Waals surface area contributed by atoms with Gasteiger partial charge in [-0.3, -0.25) is 5.10 Å². The van der Waals surface area contributed by atoms with Crippen LogP contribution in [0, 0.1) is 6.92 Å². The van der Waals surface area contributed by atoms with Gasteiger partial charge in [-0.2, -0.15) is 5.10 Å². The van der Waals surface area contributed by atoms with Crippen molar-refractivity contribution in [1.82, 2.24) is 14.2 Å². The van der Waals surface area contributed by atoms with Gasteiger partial charge < -0.3 is 0 Å². The number of benzene rings is 2. The number of para-hydroxylation sites is 1. The van der Waals surface area contributed by atoms with Gasteiger partial charge in [-0.05, 0) is 30.7 Å². The van der Waals surface area contributed by atoms with Crippen LogP contribution < -0.4 is 0 Å². The second kappa shape index (κ2) is 5.35. The molecule has 0 aliphatic heterocycles. The van der Waals surface area contributed by atoms with Crippen molar-refractivity contribution >= 4 is 20.9 Å². The zero-order valence-corrected chi connectivity index (χ0v) is 13.8. The highest BCUT2D eigenvalue weighted by Crippen LogP contribution is 2.33. The maximum atomic E-state index is 13.1. The Morgan fingerprint density at radius 1 is 1.00 bits per heavy atom. The summed E-state index contributed by atoms with van der Waals surface area (Å²) in [6.45, 7) is 1.94. The molecule has 6 heteroatoms. The van der Waals surface area contributed by atoms with Crippen molar-refractivity contribution in [2.24, 2.45) is 0 Å². The summed E-state index contributed by atoms with van der Waals surface area (Å²) in [5.41, 5.74) is 3.26. The van der Waals surface area contributed by atoms with E-state index in [-0.39, 0.29) is 4.90 Å². The predicted molar refractivity (Wildman–Crippen MR) is 93.3 cm³/mol. The second-order valence-electron chi connectivity index (χ2n) is 5.60.